The minimum Gasteiger partial charge on any atom is -0.448 e. The molecule has 0 aromatic carbocycles. The third-order valence-electron chi connectivity index (χ3n) is 2.50. The van der Waals surface area contributed by atoms with E-state index in [1.807, 2.05) is 0 Å². The molecule has 2 aromatic heterocycles. The van der Waals surface area contributed by atoms with Crippen LogP contribution < -0.4 is 0 Å². The van der Waals surface area contributed by atoms with Gasteiger partial charge in [-0.2, -0.15) is 0 Å². The molecule has 1 unspecified atom stereocenters. The molecule has 0 aliphatic carbocycles. The summed E-state index contributed by atoms with van der Waals surface area (Å²) in [4.78, 5) is 4.20. The van der Waals surface area contributed by atoms with Crippen molar-refractivity contribution in [2.75, 3.05) is 6.61 Å². The first-order chi connectivity index (χ1) is 7.36. The summed E-state index contributed by atoms with van der Waals surface area (Å²) in [6.45, 7) is 1.33. The summed E-state index contributed by atoms with van der Waals surface area (Å²) in [6, 6.07) is 0. The van der Waals surface area contributed by atoms with E-state index in [1.165, 1.54) is 11.1 Å². The van der Waals surface area contributed by atoms with Crippen LogP contribution in [0.5, 0.6) is 0 Å². The van der Waals surface area contributed by atoms with Crippen molar-refractivity contribution in [1.82, 2.24) is 4.98 Å². The van der Waals surface area contributed by atoms with Crippen molar-refractivity contribution in [3.8, 4) is 0 Å². The lowest BCUT2D eigenvalue weighted by Gasteiger charge is -2.20. The largest absolute Gasteiger partial charge is 0.448 e. The van der Waals surface area contributed by atoms with Crippen LogP contribution >= 0.6 is 27.3 Å². The fraction of sp³-hybridized carbons (Fsp3) is 0.300. The van der Waals surface area contributed by atoms with Gasteiger partial charge in [-0.25, -0.2) is 4.98 Å². The summed E-state index contributed by atoms with van der Waals surface area (Å²) in [5.74, 6) is 0.861. The normalized spacial score (nSPS) is 20.2. The molecule has 1 aliphatic heterocycles. The molecule has 3 nitrogen and oxygen atoms in total. The van der Waals surface area contributed by atoms with Crippen molar-refractivity contribution in [2.24, 2.45) is 0 Å². The Morgan fingerprint density at radius 2 is 2.47 bits per heavy atom. The van der Waals surface area contributed by atoms with E-state index >= 15 is 0 Å². The lowest BCUT2D eigenvalue weighted by atomic mass is 9.97. The van der Waals surface area contributed by atoms with Crippen molar-refractivity contribution < 1.29 is 9.15 Å². The maximum absolute atomic E-state index is 5.53. The SMILES string of the molecule is Brc1scc2c1C(c1ncco1)COC2. The molecule has 0 saturated heterocycles. The minimum atomic E-state index is 0.129. The van der Waals surface area contributed by atoms with Crippen LogP contribution in [0.1, 0.15) is 22.9 Å². The molecular formula is C10H8BrNO2S. The van der Waals surface area contributed by atoms with Gasteiger partial charge in [0.25, 0.3) is 0 Å². The predicted octanol–water partition coefficient (Wildman–Crippen LogP) is 3.16. The van der Waals surface area contributed by atoms with Crippen molar-refractivity contribution >= 4 is 27.3 Å². The molecule has 2 aromatic rings. The van der Waals surface area contributed by atoms with Crippen LogP contribution in [0.3, 0.4) is 0 Å². The summed E-state index contributed by atoms with van der Waals surface area (Å²) >= 11 is 5.26. The Kier molecular flexibility index (Phi) is 2.38. The molecule has 78 valence electrons. The highest BCUT2D eigenvalue weighted by Gasteiger charge is 2.29. The van der Waals surface area contributed by atoms with E-state index in [0.29, 0.717) is 13.2 Å². The molecule has 0 bridgehead atoms. The topological polar surface area (TPSA) is 35.3 Å². The summed E-state index contributed by atoms with van der Waals surface area (Å²) in [5, 5.41) is 2.12. The van der Waals surface area contributed by atoms with Gasteiger partial charge in [-0.1, -0.05) is 0 Å². The number of halogens is 1. The van der Waals surface area contributed by atoms with Gasteiger partial charge >= 0.3 is 0 Å². The number of thiophene rings is 1. The van der Waals surface area contributed by atoms with Gasteiger partial charge in [0.15, 0.2) is 0 Å². The second kappa shape index (κ2) is 3.73. The smallest absolute Gasteiger partial charge is 0.203 e. The average molecular weight is 286 g/mol. The number of hydrogen-bond donors (Lipinski definition) is 0. The van der Waals surface area contributed by atoms with Crippen molar-refractivity contribution in [1.29, 1.82) is 0 Å². The number of hydrogen-bond acceptors (Lipinski definition) is 4. The maximum atomic E-state index is 5.53. The van der Waals surface area contributed by atoms with Crippen LogP contribution in [0.4, 0.5) is 0 Å². The molecule has 0 fully saturated rings. The third kappa shape index (κ3) is 1.55. The van der Waals surface area contributed by atoms with Crippen LogP contribution in [0.25, 0.3) is 0 Å². The van der Waals surface area contributed by atoms with Crippen LogP contribution in [0.15, 0.2) is 26.0 Å². The Morgan fingerprint density at radius 1 is 1.53 bits per heavy atom. The summed E-state index contributed by atoms with van der Waals surface area (Å²) in [7, 11) is 0. The quantitative estimate of drug-likeness (QED) is 0.807. The first-order valence-corrected chi connectivity index (χ1v) is 6.26. The van der Waals surface area contributed by atoms with Crippen molar-refractivity contribution in [3.63, 3.8) is 0 Å². The van der Waals surface area contributed by atoms with Crippen LogP contribution in [-0.4, -0.2) is 11.6 Å². The number of oxazole rings is 1. The number of nitrogens with zero attached hydrogens (tertiary/aromatic N) is 1. The molecule has 3 heterocycles. The van der Waals surface area contributed by atoms with Gasteiger partial charge in [0, 0.05) is 0 Å². The summed E-state index contributed by atoms with van der Waals surface area (Å²) < 4.78 is 12.0. The standard InChI is InChI=1S/C10H8BrNO2S/c11-9-8-6(5-15-9)3-13-4-7(8)10-12-1-2-14-10/h1-2,5,7H,3-4H2. The van der Waals surface area contributed by atoms with Crippen molar-refractivity contribution in [2.45, 2.75) is 12.5 Å². The Bertz CT molecular complexity index is 466. The zero-order valence-electron chi connectivity index (χ0n) is 7.77. The molecular weight excluding hydrogens is 278 g/mol. The van der Waals surface area contributed by atoms with E-state index in [4.69, 9.17) is 9.15 Å². The summed E-state index contributed by atoms with van der Waals surface area (Å²) in [6.07, 6.45) is 3.27. The molecule has 15 heavy (non-hydrogen) atoms. The number of aromatic nitrogens is 1. The number of rotatable bonds is 1. The molecule has 1 atom stereocenters. The van der Waals surface area contributed by atoms with E-state index in [-0.39, 0.29) is 5.92 Å². The minimum absolute atomic E-state index is 0.129. The zero-order chi connectivity index (χ0) is 10.3. The maximum Gasteiger partial charge on any atom is 0.203 e. The average Bonchev–Trinajstić information content (AvgIpc) is 2.88. The second-order valence-corrected chi connectivity index (χ2v) is 5.58. The molecule has 0 saturated carbocycles. The van der Waals surface area contributed by atoms with E-state index in [9.17, 15) is 0 Å². The molecule has 3 rings (SSSR count). The second-order valence-electron chi connectivity index (χ2n) is 3.39. The Balaban J connectivity index is 2.09. The lowest BCUT2D eigenvalue weighted by molar-refractivity contribution is 0.0938. The molecule has 5 heteroatoms. The zero-order valence-corrected chi connectivity index (χ0v) is 10.2. The number of ether oxygens (including phenoxy) is 1. The van der Waals surface area contributed by atoms with Crippen LogP contribution in [0, 0.1) is 0 Å². The van der Waals surface area contributed by atoms with E-state index in [0.717, 1.165) is 9.68 Å². The Morgan fingerprint density at radius 3 is 3.27 bits per heavy atom. The fourth-order valence-electron chi connectivity index (χ4n) is 1.82. The van der Waals surface area contributed by atoms with Gasteiger partial charge < -0.3 is 9.15 Å². The first-order valence-electron chi connectivity index (χ1n) is 4.59. The molecule has 1 aliphatic rings. The summed E-state index contributed by atoms with van der Waals surface area (Å²) in [5.41, 5.74) is 2.51. The first kappa shape index (κ1) is 9.57. The van der Waals surface area contributed by atoms with Gasteiger partial charge in [0.2, 0.25) is 5.89 Å². The van der Waals surface area contributed by atoms with Gasteiger partial charge in [-0.05, 0) is 32.4 Å². The van der Waals surface area contributed by atoms with E-state index in [2.05, 4.69) is 26.3 Å². The fourth-order valence-corrected chi connectivity index (χ4v) is 3.47. The molecule has 0 spiro atoms. The van der Waals surface area contributed by atoms with Gasteiger partial charge in [-0.3, -0.25) is 0 Å². The third-order valence-corrected chi connectivity index (χ3v) is 4.32. The molecule has 0 amide bonds. The van der Waals surface area contributed by atoms with Crippen LogP contribution in [-0.2, 0) is 11.3 Å². The Labute approximate surface area is 99.2 Å². The number of fused-ring (bicyclic) bond motifs is 1. The highest BCUT2D eigenvalue weighted by atomic mass is 79.9. The highest BCUT2D eigenvalue weighted by molar-refractivity contribution is 9.11. The highest BCUT2D eigenvalue weighted by Crippen LogP contribution is 2.40. The van der Waals surface area contributed by atoms with Crippen molar-refractivity contribution in [3.05, 3.63) is 38.6 Å². The van der Waals surface area contributed by atoms with Gasteiger partial charge in [-0.15, -0.1) is 11.3 Å². The lowest BCUT2D eigenvalue weighted by Crippen LogP contribution is -2.16. The molecule has 0 radical (unpaired) electrons. The molecule has 0 N–H and O–H groups in total. The van der Waals surface area contributed by atoms with Gasteiger partial charge in [0.05, 0.1) is 29.1 Å². The van der Waals surface area contributed by atoms with E-state index in [1.54, 1.807) is 23.8 Å². The predicted molar refractivity (Wildman–Crippen MR) is 60.0 cm³/mol. The Hall–Kier alpha value is -0.650. The monoisotopic (exact) mass is 285 g/mol. The van der Waals surface area contributed by atoms with E-state index < -0.39 is 0 Å². The van der Waals surface area contributed by atoms with Crippen LogP contribution in [0.2, 0.25) is 0 Å². The van der Waals surface area contributed by atoms with Gasteiger partial charge in [0.1, 0.15) is 6.26 Å².